The Morgan fingerprint density at radius 3 is 2.62 bits per heavy atom. The van der Waals surface area contributed by atoms with Crippen molar-refractivity contribution in [3.05, 3.63) is 12.7 Å². The molecule has 0 aliphatic carbocycles. The van der Waals surface area contributed by atoms with Crippen molar-refractivity contribution >= 4 is 11.1 Å². The lowest BCUT2D eigenvalue weighted by molar-refractivity contribution is 0.208. The Morgan fingerprint density at radius 1 is 1.54 bits per heavy atom. The van der Waals surface area contributed by atoms with Crippen LogP contribution in [0.4, 0.5) is 0 Å². The Morgan fingerprint density at radius 2 is 2.15 bits per heavy atom. The molecule has 0 saturated carbocycles. The fourth-order valence-electron chi connectivity index (χ4n) is 1.74. The van der Waals surface area contributed by atoms with Crippen LogP contribution in [0.25, 0.3) is 0 Å². The van der Waals surface area contributed by atoms with Crippen LogP contribution < -0.4 is 0 Å². The summed E-state index contributed by atoms with van der Waals surface area (Å²) >= 11 is -1.92. The van der Waals surface area contributed by atoms with E-state index in [9.17, 15) is 8.76 Å². The molecule has 1 aliphatic rings. The maximum Gasteiger partial charge on any atom is 0.0613 e. The van der Waals surface area contributed by atoms with Crippen molar-refractivity contribution in [1.82, 2.24) is 4.90 Å². The summed E-state index contributed by atoms with van der Waals surface area (Å²) in [6, 6.07) is 0. The van der Waals surface area contributed by atoms with E-state index in [1.807, 2.05) is 11.0 Å². The van der Waals surface area contributed by atoms with Gasteiger partial charge < -0.3 is 4.55 Å². The average molecular weight is 202 g/mol. The van der Waals surface area contributed by atoms with Gasteiger partial charge in [0.2, 0.25) is 0 Å². The molecule has 1 rings (SSSR count). The summed E-state index contributed by atoms with van der Waals surface area (Å²) in [6.07, 6.45) is 5.22. The van der Waals surface area contributed by atoms with E-state index in [0.29, 0.717) is 5.92 Å². The third kappa shape index (κ3) is 4.02. The predicted octanol–water partition coefficient (Wildman–Crippen LogP) is 1.11. The molecule has 4 heteroatoms. The summed E-state index contributed by atoms with van der Waals surface area (Å²) in [5.74, 6) is 0.912. The topological polar surface area (TPSA) is 43.4 Å². The van der Waals surface area contributed by atoms with Gasteiger partial charge in [0.25, 0.3) is 0 Å². The highest BCUT2D eigenvalue weighted by Crippen LogP contribution is 2.20. The minimum Gasteiger partial charge on any atom is -0.771 e. The molecular formula is C9H16NO2S-. The highest BCUT2D eigenvalue weighted by Gasteiger charge is 2.17. The smallest absolute Gasteiger partial charge is 0.0613 e. The highest BCUT2D eigenvalue weighted by molar-refractivity contribution is 7.79. The van der Waals surface area contributed by atoms with E-state index in [4.69, 9.17) is 0 Å². The van der Waals surface area contributed by atoms with Crippen molar-refractivity contribution in [2.75, 3.05) is 19.0 Å². The molecule has 1 aliphatic heterocycles. The zero-order valence-corrected chi connectivity index (χ0v) is 8.59. The molecule has 13 heavy (non-hydrogen) atoms. The molecule has 1 heterocycles. The van der Waals surface area contributed by atoms with Gasteiger partial charge in [-0.1, -0.05) is 6.08 Å². The molecule has 0 aromatic heterocycles. The van der Waals surface area contributed by atoms with E-state index in [1.54, 1.807) is 0 Å². The van der Waals surface area contributed by atoms with Crippen LogP contribution in [0.2, 0.25) is 0 Å². The van der Waals surface area contributed by atoms with Gasteiger partial charge >= 0.3 is 0 Å². The van der Waals surface area contributed by atoms with Crippen LogP contribution in [-0.4, -0.2) is 32.6 Å². The Kier molecular flexibility index (Phi) is 4.62. The van der Waals surface area contributed by atoms with Gasteiger partial charge in [0.05, 0.1) is 5.88 Å². The average Bonchev–Trinajstić information content (AvgIpc) is 2.08. The van der Waals surface area contributed by atoms with E-state index in [2.05, 4.69) is 6.58 Å². The normalized spacial score (nSPS) is 22.8. The molecule has 1 atom stereocenters. The SMILES string of the molecule is C=CCC1CCN(CS(=O)[O-])CC1. The molecule has 0 radical (unpaired) electrons. The maximum absolute atomic E-state index is 10.4. The van der Waals surface area contributed by atoms with E-state index in [1.165, 1.54) is 0 Å². The van der Waals surface area contributed by atoms with Crippen LogP contribution in [0.3, 0.4) is 0 Å². The predicted molar refractivity (Wildman–Crippen MR) is 52.9 cm³/mol. The number of hydrogen-bond donors (Lipinski definition) is 0. The van der Waals surface area contributed by atoms with Crippen molar-refractivity contribution < 1.29 is 8.76 Å². The Labute approximate surface area is 82.1 Å². The molecule has 3 nitrogen and oxygen atoms in total. The number of piperidine rings is 1. The van der Waals surface area contributed by atoms with Gasteiger partial charge in [-0.2, -0.15) is 0 Å². The molecule has 0 aromatic rings. The largest absolute Gasteiger partial charge is 0.771 e. The summed E-state index contributed by atoms with van der Waals surface area (Å²) in [5.41, 5.74) is 0. The maximum atomic E-state index is 10.4. The van der Waals surface area contributed by atoms with Gasteiger partial charge in [-0.05, 0) is 49.4 Å². The molecule has 1 unspecified atom stereocenters. The van der Waals surface area contributed by atoms with Crippen molar-refractivity contribution in [1.29, 1.82) is 0 Å². The minimum atomic E-state index is -1.92. The Bertz CT molecular complexity index is 188. The van der Waals surface area contributed by atoms with Crippen molar-refractivity contribution in [2.45, 2.75) is 19.3 Å². The Balaban J connectivity index is 2.22. The second kappa shape index (κ2) is 5.52. The number of allylic oxidation sites excluding steroid dienone is 1. The van der Waals surface area contributed by atoms with Crippen LogP contribution in [0.1, 0.15) is 19.3 Å². The fourth-order valence-corrected chi connectivity index (χ4v) is 2.29. The molecule has 0 amide bonds. The van der Waals surface area contributed by atoms with Gasteiger partial charge in [0.15, 0.2) is 0 Å². The number of nitrogens with zero attached hydrogens (tertiary/aromatic N) is 1. The first-order chi connectivity index (χ1) is 6.22. The summed E-state index contributed by atoms with van der Waals surface area (Å²) in [4.78, 5) is 1.99. The zero-order valence-electron chi connectivity index (χ0n) is 7.78. The third-order valence-corrected chi connectivity index (χ3v) is 3.07. The van der Waals surface area contributed by atoms with Crippen LogP contribution in [0.15, 0.2) is 12.7 Å². The molecule has 0 spiro atoms. The lowest BCUT2D eigenvalue weighted by Crippen LogP contribution is -2.35. The number of likely N-dealkylation sites (tertiary alicyclic amines) is 1. The third-order valence-electron chi connectivity index (χ3n) is 2.50. The second-order valence-corrected chi connectivity index (χ2v) is 4.38. The van der Waals surface area contributed by atoms with Gasteiger partial charge in [0, 0.05) is 0 Å². The number of hydrogen-bond acceptors (Lipinski definition) is 3. The van der Waals surface area contributed by atoms with Crippen molar-refractivity contribution in [3.8, 4) is 0 Å². The van der Waals surface area contributed by atoms with E-state index >= 15 is 0 Å². The molecule has 0 N–H and O–H groups in total. The molecule has 0 bridgehead atoms. The van der Waals surface area contributed by atoms with Gasteiger partial charge in [-0.3, -0.25) is 9.11 Å². The van der Waals surface area contributed by atoms with E-state index in [0.717, 1.165) is 32.4 Å². The lowest BCUT2D eigenvalue weighted by Gasteiger charge is -2.31. The molecule has 0 aromatic carbocycles. The summed E-state index contributed by atoms with van der Waals surface area (Å²) in [7, 11) is 0. The van der Waals surface area contributed by atoms with E-state index < -0.39 is 11.1 Å². The van der Waals surface area contributed by atoms with Crippen LogP contribution >= 0.6 is 0 Å². The quantitative estimate of drug-likeness (QED) is 0.506. The van der Waals surface area contributed by atoms with Crippen molar-refractivity contribution in [2.24, 2.45) is 5.92 Å². The molecule has 1 fully saturated rings. The first-order valence-corrected chi connectivity index (χ1v) is 5.86. The van der Waals surface area contributed by atoms with Crippen LogP contribution in [-0.2, 0) is 11.1 Å². The van der Waals surface area contributed by atoms with Crippen LogP contribution in [0.5, 0.6) is 0 Å². The van der Waals surface area contributed by atoms with Gasteiger partial charge in [-0.15, -0.1) is 6.58 Å². The monoisotopic (exact) mass is 202 g/mol. The number of rotatable bonds is 4. The standard InChI is InChI=1S/C9H17NO2S/c1-2-3-9-4-6-10(7-5-9)8-13(11)12/h2,9H,1,3-8H2,(H,11,12)/p-1. The minimum absolute atomic E-state index is 0.195. The zero-order chi connectivity index (χ0) is 9.68. The molecule has 1 saturated heterocycles. The first-order valence-electron chi connectivity index (χ1n) is 4.61. The Hall–Kier alpha value is -0.190. The van der Waals surface area contributed by atoms with Gasteiger partial charge in [0.1, 0.15) is 0 Å². The first kappa shape index (κ1) is 10.9. The van der Waals surface area contributed by atoms with Gasteiger partial charge in [-0.25, -0.2) is 0 Å². The molecular weight excluding hydrogens is 186 g/mol. The summed E-state index contributed by atoms with van der Waals surface area (Å²) in [6.45, 7) is 5.53. The molecule has 76 valence electrons. The summed E-state index contributed by atoms with van der Waals surface area (Å²) < 4.78 is 20.8. The highest BCUT2D eigenvalue weighted by atomic mass is 32.2. The fraction of sp³-hybridized carbons (Fsp3) is 0.778. The lowest BCUT2D eigenvalue weighted by atomic mass is 9.94. The van der Waals surface area contributed by atoms with E-state index in [-0.39, 0.29) is 5.88 Å². The second-order valence-electron chi connectivity index (χ2n) is 3.52. The van der Waals surface area contributed by atoms with Crippen molar-refractivity contribution in [3.63, 3.8) is 0 Å². The summed E-state index contributed by atoms with van der Waals surface area (Å²) in [5, 5.41) is 0. The van der Waals surface area contributed by atoms with Crippen LogP contribution in [0, 0.1) is 5.92 Å².